The topological polar surface area (TPSA) is 129 Å². The van der Waals surface area contributed by atoms with E-state index in [0.717, 1.165) is 138 Å². The van der Waals surface area contributed by atoms with Crippen LogP contribution in [-0.4, -0.2) is 64.6 Å². The summed E-state index contributed by atoms with van der Waals surface area (Å²) in [5, 5.41) is 32.4. The van der Waals surface area contributed by atoms with E-state index in [1.807, 2.05) is 36.4 Å². The van der Waals surface area contributed by atoms with Gasteiger partial charge in [0.2, 0.25) is 0 Å². The summed E-state index contributed by atoms with van der Waals surface area (Å²) in [6, 6.07) is 35.5. The minimum absolute atomic E-state index is 0.0107. The van der Waals surface area contributed by atoms with Crippen LogP contribution in [0.3, 0.4) is 0 Å². The molecule has 10 rings (SSSR count). The van der Waals surface area contributed by atoms with Gasteiger partial charge in [-0.25, -0.2) is 0 Å². The van der Waals surface area contributed by atoms with Crippen molar-refractivity contribution < 1.29 is 48.5 Å². The number of aliphatic hydroxyl groups excluding tert-OH is 1. The Morgan fingerprint density at radius 3 is 1.89 bits per heavy atom. The average molecular weight is 1350 g/mol. The Morgan fingerprint density at radius 2 is 1.26 bits per heavy atom. The van der Waals surface area contributed by atoms with Gasteiger partial charge in [0.05, 0.1) is 42.7 Å². The van der Waals surface area contributed by atoms with Gasteiger partial charge in [-0.1, -0.05) is 147 Å². The fourth-order valence-electron chi connectivity index (χ4n) is 13.9. The first-order chi connectivity index (χ1) is 43.3. The summed E-state index contributed by atoms with van der Waals surface area (Å²) >= 11 is 7.47. The first kappa shape index (κ1) is 67.6. The van der Waals surface area contributed by atoms with E-state index in [-0.39, 0.29) is 59.0 Å². The molecule has 13 heteroatoms. The zero-order valence-electron chi connectivity index (χ0n) is 54.1. The quantitative estimate of drug-likeness (QED) is 0.0511. The number of aryl methyl sites for hydroxylation is 1. The van der Waals surface area contributed by atoms with Gasteiger partial charge in [-0.2, -0.15) is 0 Å². The molecule has 0 bridgehead atoms. The maximum Gasteiger partial charge on any atom is 0.184 e. The number of hydrogen-bond acceptors (Lipinski definition) is 11. The summed E-state index contributed by atoms with van der Waals surface area (Å²) in [5.74, 6) is 1.92. The molecule has 0 spiro atoms. The maximum absolute atomic E-state index is 11.8. The molecule has 3 N–H and O–H groups in total. The highest BCUT2D eigenvalue weighted by atomic mass is 79.9. The number of phenols is 2. The summed E-state index contributed by atoms with van der Waals surface area (Å²) in [7, 11) is 0. The first-order valence-electron chi connectivity index (χ1n) is 33.1. The van der Waals surface area contributed by atoms with Crippen molar-refractivity contribution in [2.24, 2.45) is 0 Å². The molecule has 4 heterocycles. The van der Waals surface area contributed by atoms with Crippen LogP contribution in [0.25, 0.3) is 0 Å². The van der Waals surface area contributed by atoms with Crippen LogP contribution in [0.1, 0.15) is 203 Å². The monoisotopic (exact) mass is 1350 g/mol. The molecule has 0 saturated carbocycles. The van der Waals surface area contributed by atoms with Gasteiger partial charge in [-0.05, 0) is 197 Å². The number of hydrogen-bond donors (Lipinski definition) is 3. The van der Waals surface area contributed by atoms with E-state index in [9.17, 15) is 15.3 Å². The maximum atomic E-state index is 11.8. The summed E-state index contributed by atoms with van der Waals surface area (Å²) in [4.78, 5) is 2.44. The molecule has 3 fully saturated rings. The van der Waals surface area contributed by atoms with Crippen LogP contribution in [0, 0.1) is 6.92 Å². The Morgan fingerprint density at radius 1 is 0.689 bits per heavy atom. The first-order valence-corrected chi connectivity index (χ1v) is 34.7. The molecule has 5 aliphatic rings. The molecule has 0 radical (unpaired) electrons. The number of halogens is 2. The molecule has 1 aliphatic carbocycles. The van der Waals surface area contributed by atoms with Crippen LogP contribution < -0.4 is 9.64 Å². The van der Waals surface area contributed by atoms with Gasteiger partial charge in [0.15, 0.2) is 18.9 Å². The molecule has 5 aromatic rings. The molecular weight excluding hydrogens is 1260 g/mol. The molecule has 90 heavy (non-hydrogen) atoms. The normalized spacial score (nSPS) is 25.9. The number of aliphatic hydroxyl groups is 1. The summed E-state index contributed by atoms with van der Waals surface area (Å²) in [6.45, 7) is 23.3. The second-order valence-electron chi connectivity index (χ2n) is 26.5. The Hall–Kier alpha value is -5.32. The van der Waals surface area contributed by atoms with Gasteiger partial charge in [0.25, 0.3) is 0 Å². The SMILES string of the molecule is C=C(/C=C/C1=C(Oc2cccc(C3OC(CCC)CC(CC(O)CCCC4CC(CCCC5CC(CC)OC(c6cccc(O)c6)O5)OC(c5cccc(O)c5)O4)O3)c2)C(=C/C=C2/N(CC)c3ccc(Br)cc3C2(C)C)/CCC1)C(C)(C)c1cc(Br)ccc1C. The molecule has 11 nitrogen and oxygen atoms in total. The second-order valence-corrected chi connectivity index (χ2v) is 28.3. The predicted octanol–water partition coefficient (Wildman–Crippen LogP) is 19.7. The predicted molar refractivity (Wildman–Crippen MR) is 366 cm³/mol. The molecule has 0 aromatic heterocycles. The number of aromatic hydroxyl groups is 2. The Balaban J connectivity index is 0.818. The number of fused-ring (bicyclic) bond motifs is 1. The molecule has 5 aromatic carbocycles. The van der Waals surface area contributed by atoms with Crippen molar-refractivity contribution in [2.75, 3.05) is 11.4 Å². The lowest BCUT2D eigenvalue weighted by molar-refractivity contribution is -0.255. The second kappa shape index (κ2) is 30.6. The molecule has 10 unspecified atom stereocenters. The molecule has 0 amide bonds. The minimum Gasteiger partial charge on any atom is -0.508 e. The number of nitrogens with zero attached hydrogens (tertiary/aromatic N) is 1. The van der Waals surface area contributed by atoms with Crippen LogP contribution in [0.2, 0.25) is 0 Å². The fourth-order valence-corrected chi connectivity index (χ4v) is 14.7. The Bertz CT molecular complexity index is 3400. The highest BCUT2D eigenvalue weighted by Crippen LogP contribution is 2.49. The van der Waals surface area contributed by atoms with Gasteiger partial charge >= 0.3 is 0 Å². The van der Waals surface area contributed by atoms with Crippen molar-refractivity contribution in [1.29, 1.82) is 0 Å². The number of ether oxygens (including phenoxy) is 7. The Kier molecular flexibility index (Phi) is 23.0. The van der Waals surface area contributed by atoms with Gasteiger partial charge in [-0.3, -0.25) is 0 Å². The third kappa shape index (κ3) is 16.7. The van der Waals surface area contributed by atoms with Crippen molar-refractivity contribution in [1.82, 2.24) is 0 Å². The van der Waals surface area contributed by atoms with E-state index in [1.54, 1.807) is 24.3 Å². The number of rotatable bonds is 24. The van der Waals surface area contributed by atoms with Crippen molar-refractivity contribution in [3.05, 3.63) is 211 Å². The summed E-state index contributed by atoms with van der Waals surface area (Å²) in [5.41, 5.74) is 11.5. The summed E-state index contributed by atoms with van der Waals surface area (Å²) in [6.07, 6.45) is 19.2. The van der Waals surface area contributed by atoms with E-state index in [4.69, 9.17) is 33.2 Å². The number of likely N-dealkylation sites (N-methyl/N-ethyl adjacent to an activating group) is 1. The lowest BCUT2D eigenvalue weighted by atomic mass is 9.76. The molecule has 4 aliphatic heterocycles. The van der Waals surface area contributed by atoms with E-state index in [2.05, 4.69) is 172 Å². The molecule has 3 saturated heterocycles. The largest absolute Gasteiger partial charge is 0.508 e. The Labute approximate surface area is 552 Å². The van der Waals surface area contributed by atoms with Crippen LogP contribution >= 0.6 is 31.9 Å². The van der Waals surface area contributed by atoms with Gasteiger partial charge < -0.3 is 53.4 Å². The van der Waals surface area contributed by atoms with E-state index in [0.29, 0.717) is 25.0 Å². The van der Waals surface area contributed by atoms with E-state index < -0.39 is 25.0 Å². The lowest BCUT2D eigenvalue weighted by Crippen LogP contribution is -2.36. The molecule has 482 valence electrons. The number of phenolic OH excluding ortho intramolecular Hbond substituents is 2. The van der Waals surface area contributed by atoms with Crippen molar-refractivity contribution in [2.45, 2.75) is 231 Å². The highest BCUT2D eigenvalue weighted by molar-refractivity contribution is 9.10. The van der Waals surface area contributed by atoms with Crippen molar-refractivity contribution >= 4 is 37.5 Å². The lowest BCUT2D eigenvalue weighted by Gasteiger charge is -2.38. The number of benzene rings is 5. The fraction of sp³-hybridized carbons (Fsp3) is 0.481. The molecule has 10 atom stereocenters. The van der Waals surface area contributed by atoms with Crippen LogP contribution in [-0.2, 0) is 39.3 Å². The van der Waals surface area contributed by atoms with E-state index >= 15 is 0 Å². The average Bonchev–Trinajstić information content (AvgIpc) is 1.62. The zero-order valence-corrected chi connectivity index (χ0v) is 57.3. The van der Waals surface area contributed by atoms with Gasteiger partial charge in [0, 0.05) is 73.7 Å². The van der Waals surface area contributed by atoms with Crippen molar-refractivity contribution in [3.8, 4) is 17.2 Å². The van der Waals surface area contributed by atoms with Gasteiger partial charge in [0.1, 0.15) is 23.0 Å². The third-order valence-electron chi connectivity index (χ3n) is 19.1. The minimum atomic E-state index is -0.637. The van der Waals surface area contributed by atoms with Crippen LogP contribution in [0.4, 0.5) is 5.69 Å². The van der Waals surface area contributed by atoms with Crippen LogP contribution in [0.5, 0.6) is 17.2 Å². The van der Waals surface area contributed by atoms with E-state index in [1.165, 1.54) is 28.1 Å². The van der Waals surface area contributed by atoms with Gasteiger partial charge in [-0.15, -0.1) is 0 Å². The third-order valence-corrected chi connectivity index (χ3v) is 20.1. The van der Waals surface area contributed by atoms with Crippen molar-refractivity contribution in [3.63, 3.8) is 0 Å². The number of allylic oxidation sites excluding steroid dienone is 8. The summed E-state index contributed by atoms with van der Waals surface area (Å²) < 4.78 is 49.0. The zero-order chi connectivity index (χ0) is 63.7. The molecular formula is C77H95Br2NO10. The smallest absolute Gasteiger partial charge is 0.184 e. The van der Waals surface area contributed by atoms with Crippen LogP contribution in [0.15, 0.2) is 177 Å². The number of anilines is 1. The highest BCUT2D eigenvalue weighted by Gasteiger charge is 2.40. The standard InChI is InChI=1S/C77H95Br2NO10/c1-10-19-62-48-67(45-60(83)27-17-29-65-47-66(89-74(88-65)54-23-15-26-59(82)41-54)31-18-30-64-46-61(11-2)85-73(87-64)53-22-14-25-58(81)40-53)90-75(86-62)55-24-16-28-63(42-55)84-72-51(34-33-50(5)76(6,7)68-43-56(78)36-32-49(68)4)20-13-21-52(72)35-39-71-77(8,9)69-44-57(79)37-38-70(69)80(71)12-3/h14-16,22-26,28,32-44,60-62,64-67,73-75,81-83H,5,10-13,17-21,27,29-31,45-48H2,1-4,6-9H3/b34-33+,52-35+,71-39+.